The first-order chi connectivity index (χ1) is 69.8. The quantitative estimate of drug-likeness (QED) is 0.0866. The van der Waals surface area contributed by atoms with Gasteiger partial charge < -0.3 is 53.5 Å². The van der Waals surface area contributed by atoms with Crippen molar-refractivity contribution in [3.63, 3.8) is 0 Å². The lowest BCUT2D eigenvalue weighted by Crippen LogP contribution is -2.36. The number of hydrogen-bond acceptors (Lipinski definition) is 18. The molecule has 4 aliphatic rings. The molecule has 0 atom stereocenters. The van der Waals surface area contributed by atoms with Crippen LogP contribution in [-0.2, 0) is 45.2 Å². The predicted molar refractivity (Wildman–Crippen MR) is 605 cm³/mol. The van der Waals surface area contributed by atoms with Crippen LogP contribution in [0.15, 0.2) is 266 Å². The number of methoxy groups -OCH3 is 5. The van der Waals surface area contributed by atoms with Crippen molar-refractivity contribution in [2.24, 2.45) is 4.99 Å². The number of aliphatic imine (C=N–C) groups is 1. The first kappa shape index (κ1) is 103. The van der Waals surface area contributed by atoms with Gasteiger partial charge in [0.1, 0.15) is 30.1 Å². The second-order valence-corrected chi connectivity index (χ2v) is 43.6. The molecule has 0 unspecified atom stereocenters. The third kappa shape index (κ3) is 22.6. The van der Waals surface area contributed by atoms with Crippen molar-refractivity contribution in [2.75, 3.05) is 97.1 Å². The first-order valence-corrected chi connectivity index (χ1v) is 54.1. The number of nitrogens with zero attached hydrogens (tertiary/aromatic N) is 6. The standard InChI is InChI=1S/C21H23ClN2OS.C19H18ClNO3S.2C19H16ClNO2S.C19H16ClNOS.C18H14ClNOS/c1-14(2)24(13-15-9-11-16(12-10-15)23(3)4)21(25)20-19(22)17-7-5-6-8-18(17)26-20;1-23-14-8-7-12(11-15(14)24-2)9-10-21-19(22)18-17(20)13-5-3-4-6-16(13)25-18;1-22-14-9-11-7-8-21-18(13(11)10-15(14)23-2)19-17(20)12-5-3-4-6-16(12)24-19;1-23-13-8-9-15-12(11-13)5-4-10-21(15)19(22)18-17(20)14-6-2-3-7-16(14)24-18;1-12-8-9-15-13(11-12)5-4-10-21(15)19(22)18-17(20)14-6-2-3-7-16(14)23-18;19-16-14-7-3-4-8-15(14)22-17(16)18(21)20-10-9-12-5-1-2-6-13(12)11-20/h5-12,14H,13H2,1-4H3;3-8,11H,9-10H2,1-2H3,(H,21,22);3-6,9-10H,7-8H2,1-2H3;2-3,6-9,11H,4-5,10H2,1H3;2-3,6-9,11H,4-5,10H2,1H3;1-8H,9-11H2. The minimum atomic E-state index is -0.147. The number of carbonyl (C=O) groups excluding carboxylic acids is 5. The average Bonchev–Trinajstić information content (AvgIpc) is 1.61. The van der Waals surface area contributed by atoms with Gasteiger partial charge in [-0.25, -0.2) is 0 Å². The molecular weight excluding hydrogens is 2040 g/mol. The van der Waals surface area contributed by atoms with Gasteiger partial charge in [-0.2, -0.15) is 0 Å². The monoisotopic (exact) mass is 2140 g/mol. The van der Waals surface area contributed by atoms with Crippen molar-refractivity contribution in [1.29, 1.82) is 0 Å². The van der Waals surface area contributed by atoms with E-state index in [1.807, 2.05) is 236 Å². The highest BCUT2D eigenvalue weighted by molar-refractivity contribution is 7.24. The Hall–Kier alpha value is -12.0. The van der Waals surface area contributed by atoms with Gasteiger partial charge in [-0.15, -0.1) is 68.0 Å². The summed E-state index contributed by atoms with van der Waals surface area (Å²) in [6.07, 6.45) is 6.40. The maximum Gasteiger partial charge on any atom is 0.269 e. The number of halogens is 6. The number of aryl methyl sites for hydroxylation is 3. The number of benzene rings is 12. The minimum Gasteiger partial charge on any atom is -0.497 e. The summed E-state index contributed by atoms with van der Waals surface area (Å²) in [6.45, 7) is 10.9. The molecule has 6 aromatic heterocycles. The topological polar surface area (TPSA) is 172 Å². The van der Waals surface area contributed by atoms with Gasteiger partial charge in [0.25, 0.3) is 29.5 Å². The van der Waals surface area contributed by atoms with Crippen LogP contribution in [0.4, 0.5) is 17.1 Å². The Morgan fingerprint density at radius 2 is 0.840 bits per heavy atom. The first-order valence-electron chi connectivity index (χ1n) is 47.0. The Balaban J connectivity index is 0.000000119. The summed E-state index contributed by atoms with van der Waals surface area (Å²) in [5.74, 6) is 3.53. The lowest BCUT2D eigenvalue weighted by molar-refractivity contribution is 0.0694. The van der Waals surface area contributed by atoms with Crippen molar-refractivity contribution in [3.8, 4) is 28.7 Å². The number of anilines is 3. The van der Waals surface area contributed by atoms with E-state index < -0.39 is 0 Å². The molecule has 17 nitrogen and oxygen atoms in total. The number of nitrogens with one attached hydrogen (secondary N) is 1. The Bertz CT molecular complexity index is 7860. The molecule has 18 aromatic rings. The summed E-state index contributed by atoms with van der Waals surface area (Å²) in [7, 11) is 12.2. The number of rotatable bonds is 18. The lowest BCUT2D eigenvalue weighted by Gasteiger charge is -2.29. The van der Waals surface area contributed by atoms with Crippen LogP contribution in [0.5, 0.6) is 28.7 Å². The molecule has 4 aliphatic heterocycles. The van der Waals surface area contributed by atoms with Crippen LogP contribution in [0.25, 0.3) is 60.5 Å². The number of hydrogen-bond donors (Lipinski definition) is 1. The molecule has 144 heavy (non-hydrogen) atoms. The van der Waals surface area contributed by atoms with Gasteiger partial charge in [0.2, 0.25) is 0 Å². The third-order valence-corrected chi connectivity index (χ3v) is 35.4. The van der Waals surface area contributed by atoms with E-state index in [9.17, 15) is 24.0 Å². The Morgan fingerprint density at radius 1 is 0.403 bits per heavy atom. The molecule has 0 spiro atoms. The SMILES string of the molecule is CC(C)N(Cc1ccc(N(C)C)cc1)C(=O)c1sc2ccccc2c1Cl.COc1cc2c(cc1OC)C(c1sc3ccccc3c1Cl)=NCC2.COc1ccc(CCNC(=O)c2sc3ccccc3c2Cl)cc1OC.COc1ccc2c(c1)CCCN2C(=O)c1sc2ccccc2c1Cl.Cc1ccc2c(c1)CCCN2C(=O)c1sc2ccccc2c1Cl.O=C(c1sc2ccccc2c1Cl)N1CCc2ccccc2C1. The summed E-state index contributed by atoms with van der Waals surface area (Å²) in [5.41, 5.74) is 14.7. The molecule has 1 N–H and O–H groups in total. The number of thiophene rings is 6. The van der Waals surface area contributed by atoms with E-state index >= 15 is 0 Å². The molecule has 0 bridgehead atoms. The Morgan fingerprint density at radius 3 is 1.34 bits per heavy atom. The molecule has 0 fully saturated rings. The fraction of sp³-hybridized carbons (Fsp3) is 0.217. The summed E-state index contributed by atoms with van der Waals surface area (Å²) in [5, 5.41) is 12.3. The fourth-order valence-electron chi connectivity index (χ4n) is 17.9. The number of fused-ring (bicyclic) bond motifs is 10. The van der Waals surface area contributed by atoms with E-state index in [2.05, 4.69) is 89.9 Å². The molecule has 10 heterocycles. The van der Waals surface area contributed by atoms with Crippen LogP contribution >= 0.6 is 138 Å². The van der Waals surface area contributed by atoms with Gasteiger partial charge in [0.05, 0.1) is 76.3 Å². The summed E-state index contributed by atoms with van der Waals surface area (Å²) >= 11 is 47.9. The van der Waals surface area contributed by atoms with Crippen molar-refractivity contribution < 1.29 is 47.7 Å². The molecule has 29 heteroatoms. The molecule has 22 rings (SSSR count). The van der Waals surface area contributed by atoms with Gasteiger partial charge in [-0.3, -0.25) is 29.0 Å². The third-order valence-electron chi connectivity index (χ3n) is 25.4. The highest BCUT2D eigenvalue weighted by Gasteiger charge is 2.33. The summed E-state index contributed by atoms with van der Waals surface area (Å²) in [4.78, 5) is 83.1. The van der Waals surface area contributed by atoms with E-state index in [1.54, 1.807) is 46.9 Å². The van der Waals surface area contributed by atoms with Crippen LogP contribution in [0.3, 0.4) is 0 Å². The highest BCUT2D eigenvalue weighted by Crippen LogP contribution is 2.46. The maximum atomic E-state index is 13.2. The zero-order chi connectivity index (χ0) is 101. The number of ether oxygens (including phenoxy) is 5. The number of carbonyl (C=O) groups is 5. The van der Waals surface area contributed by atoms with Gasteiger partial charge in [-0.05, 0) is 202 Å². The second-order valence-electron chi connectivity index (χ2n) is 35.1. The fourth-order valence-corrected chi connectivity index (χ4v) is 26.8. The largest absolute Gasteiger partial charge is 0.497 e. The highest BCUT2D eigenvalue weighted by atomic mass is 35.5. The molecule has 0 aliphatic carbocycles. The van der Waals surface area contributed by atoms with Crippen molar-refractivity contribution in [1.82, 2.24) is 15.1 Å². The Labute approximate surface area is 891 Å². The molecule has 12 aromatic carbocycles. The molecule has 0 saturated carbocycles. The molecule has 736 valence electrons. The zero-order valence-corrected chi connectivity index (χ0v) is 90.2. The molecule has 0 saturated heterocycles. The van der Waals surface area contributed by atoms with Crippen LogP contribution < -0.4 is 43.7 Å². The van der Waals surface area contributed by atoms with E-state index in [4.69, 9.17) is 98.3 Å². The Kier molecular flexibility index (Phi) is 33.7. The van der Waals surface area contributed by atoms with Gasteiger partial charge in [0, 0.05) is 149 Å². The zero-order valence-electron chi connectivity index (χ0n) is 80.8. The molecule has 5 amide bonds. The van der Waals surface area contributed by atoms with E-state index in [-0.39, 0.29) is 35.6 Å². The van der Waals surface area contributed by atoms with Gasteiger partial charge >= 0.3 is 0 Å². The van der Waals surface area contributed by atoms with Gasteiger partial charge in [-0.1, -0.05) is 239 Å². The second kappa shape index (κ2) is 47.0. The lowest BCUT2D eigenvalue weighted by atomic mass is 9.95. The van der Waals surface area contributed by atoms with Crippen LogP contribution in [0.2, 0.25) is 30.1 Å². The predicted octanol–water partition coefficient (Wildman–Crippen LogP) is 30.5. The van der Waals surface area contributed by atoms with Crippen LogP contribution in [0.1, 0.15) is 130 Å². The maximum absolute atomic E-state index is 13.2. The van der Waals surface area contributed by atoms with Crippen LogP contribution in [-0.4, -0.2) is 133 Å². The van der Waals surface area contributed by atoms with Crippen molar-refractivity contribution in [2.45, 2.75) is 84.8 Å². The van der Waals surface area contributed by atoms with E-state index in [0.717, 1.165) is 180 Å². The summed E-state index contributed by atoms with van der Waals surface area (Å²) < 4.78 is 33.1. The molecular formula is C115H103Cl6N7O10S6. The number of amides is 5. The smallest absolute Gasteiger partial charge is 0.269 e. The molecule has 0 radical (unpaired) electrons. The minimum absolute atomic E-state index is 0.0112. The van der Waals surface area contributed by atoms with Crippen molar-refractivity contribution >= 4 is 250 Å². The van der Waals surface area contributed by atoms with Gasteiger partial charge in [0.15, 0.2) is 23.0 Å². The average molecular weight is 2150 g/mol. The normalized spacial score (nSPS) is 12.8. The summed E-state index contributed by atoms with van der Waals surface area (Å²) in [6, 6.07) is 86.1. The van der Waals surface area contributed by atoms with Crippen LogP contribution in [0, 0.1) is 6.92 Å². The van der Waals surface area contributed by atoms with Crippen molar-refractivity contribution in [3.05, 3.63) is 370 Å². The van der Waals surface area contributed by atoms with E-state index in [1.165, 1.54) is 89.2 Å². The van der Waals surface area contributed by atoms with E-state index in [0.29, 0.717) is 99.3 Å².